The summed E-state index contributed by atoms with van der Waals surface area (Å²) in [7, 11) is 0. The molecule has 2 aromatic carbocycles. The Morgan fingerprint density at radius 2 is 1.87 bits per heavy atom. The number of allylic oxidation sites excluding steroid dienone is 5. The minimum Gasteiger partial charge on any atom is -0.313 e. The SMILES string of the molecule is BrCC1=CC2C=Cc3cccc4c3C2C(=C1)N4c1ccccc1. The van der Waals surface area contributed by atoms with Crippen molar-refractivity contribution in [3.05, 3.63) is 89.2 Å². The van der Waals surface area contributed by atoms with Crippen LogP contribution in [-0.2, 0) is 0 Å². The maximum Gasteiger partial charge on any atom is 0.0503 e. The first-order valence-electron chi connectivity index (χ1n) is 8.01. The van der Waals surface area contributed by atoms with Crippen molar-refractivity contribution in [2.24, 2.45) is 5.92 Å². The summed E-state index contributed by atoms with van der Waals surface area (Å²) < 4.78 is 0. The summed E-state index contributed by atoms with van der Waals surface area (Å²) in [5.41, 5.74) is 8.21. The Balaban J connectivity index is 1.79. The van der Waals surface area contributed by atoms with E-state index >= 15 is 0 Å². The third kappa shape index (κ3) is 1.85. The monoisotopic (exact) mass is 361 g/mol. The average molecular weight is 362 g/mol. The van der Waals surface area contributed by atoms with Crippen LogP contribution in [0.15, 0.2) is 78.0 Å². The van der Waals surface area contributed by atoms with Crippen LogP contribution in [0.5, 0.6) is 0 Å². The van der Waals surface area contributed by atoms with E-state index in [0.29, 0.717) is 11.8 Å². The van der Waals surface area contributed by atoms with Crippen molar-refractivity contribution in [1.29, 1.82) is 0 Å². The van der Waals surface area contributed by atoms with Crippen LogP contribution in [0.1, 0.15) is 17.0 Å². The zero-order valence-corrected chi connectivity index (χ0v) is 14.2. The first kappa shape index (κ1) is 13.4. The van der Waals surface area contributed by atoms with Crippen molar-refractivity contribution in [1.82, 2.24) is 0 Å². The minimum absolute atomic E-state index is 0.453. The van der Waals surface area contributed by atoms with E-state index in [1.807, 2.05) is 0 Å². The van der Waals surface area contributed by atoms with Gasteiger partial charge in [0, 0.05) is 28.6 Å². The number of rotatable bonds is 2. The standard InChI is InChI=1S/C21H16BrN/c22-13-14-11-16-10-9-15-5-4-8-18-20(15)21(16)19(12-14)23(18)17-6-2-1-3-7-17/h1-12,16,21H,13H2. The molecule has 1 heterocycles. The molecule has 0 spiro atoms. The largest absolute Gasteiger partial charge is 0.313 e. The van der Waals surface area contributed by atoms with E-state index in [4.69, 9.17) is 0 Å². The van der Waals surface area contributed by atoms with Crippen molar-refractivity contribution in [2.45, 2.75) is 5.92 Å². The maximum absolute atomic E-state index is 3.64. The number of hydrogen-bond donors (Lipinski definition) is 0. The van der Waals surface area contributed by atoms with E-state index < -0.39 is 0 Å². The molecular weight excluding hydrogens is 346 g/mol. The van der Waals surface area contributed by atoms with Crippen LogP contribution < -0.4 is 4.90 Å². The molecule has 0 radical (unpaired) electrons. The second-order valence-electron chi connectivity index (χ2n) is 6.31. The molecule has 2 unspecified atom stereocenters. The van der Waals surface area contributed by atoms with Crippen molar-refractivity contribution >= 4 is 33.4 Å². The Kier molecular flexibility index (Phi) is 2.89. The summed E-state index contributed by atoms with van der Waals surface area (Å²) in [6, 6.07) is 17.4. The topological polar surface area (TPSA) is 3.24 Å². The van der Waals surface area contributed by atoms with Crippen LogP contribution >= 0.6 is 15.9 Å². The summed E-state index contributed by atoms with van der Waals surface area (Å²) in [4.78, 5) is 2.44. The molecule has 0 fully saturated rings. The molecule has 2 heteroatoms. The van der Waals surface area contributed by atoms with Gasteiger partial charge in [-0.15, -0.1) is 0 Å². The van der Waals surface area contributed by atoms with Gasteiger partial charge in [0.15, 0.2) is 0 Å². The lowest BCUT2D eigenvalue weighted by Crippen LogP contribution is -2.21. The van der Waals surface area contributed by atoms with Crippen LogP contribution in [0.3, 0.4) is 0 Å². The van der Waals surface area contributed by atoms with Gasteiger partial charge >= 0.3 is 0 Å². The van der Waals surface area contributed by atoms with Gasteiger partial charge in [-0.25, -0.2) is 0 Å². The fraction of sp³-hybridized carbons (Fsp3) is 0.143. The highest BCUT2D eigenvalue weighted by molar-refractivity contribution is 9.09. The molecule has 0 saturated heterocycles. The summed E-state index contributed by atoms with van der Waals surface area (Å²) in [6.45, 7) is 0. The van der Waals surface area contributed by atoms with E-state index in [1.165, 1.54) is 33.8 Å². The molecular formula is C21H16BrN. The predicted molar refractivity (Wildman–Crippen MR) is 100 cm³/mol. The van der Waals surface area contributed by atoms with E-state index in [-0.39, 0.29) is 0 Å². The van der Waals surface area contributed by atoms with Crippen LogP contribution in [0.4, 0.5) is 11.4 Å². The molecule has 1 nitrogen and oxygen atoms in total. The molecule has 112 valence electrons. The molecule has 2 atom stereocenters. The average Bonchev–Trinajstić information content (AvgIpc) is 2.95. The van der Waals surface area contributed by atoms with Gasteiger partial charge in [0.25, 0.3) is 0 Å². The first-order valence-corrected chi connectivity index (χ1v) is 9.13. The highest BCUT2D eigenvalue weighted by atomic mass is 79.9. The predicted octanol–water partition coefficient (Wildman–Crippen LogP) is 5.78. The molecule has 23 heavy (non-hydrogen) atoms. The molecule has 5 rings (SSSR count). The van der Waals surface area contributed by atoms with E-state index in [2.05, 4.69) is 93.7 Å². The van der Waals surface area contributed by atoms with Crippen molar-refractivity contribution in [2.75, 3.05) is 10.2 Å². The molecule has 3 aliphatic rings. The number of anilines is 2. The molecule has 2 aromatic rings. The number of hydrogen-bond acceptors (Lipinski definition) is 1. The third-order valence-corrected chi connectivity index (χ3v) is 5.68. The lowest BCUT2D eigenvalue weighted by Gasteiger charge is -2.30. The van der Waals surface area contributed by atoms with Gasteiger partial charge in [0.1, 0.15) is 0 Å². The molecule has 2 aliphatic carbocycles. The second kappa shape index (κ2) is 4.97. The Morgan fingerprint density at radius 1 is 1.00 bits per heavy atom. The lowest BCUT2D eigenvalue weighted by atomic mass is 9.76. The van der Waals surface area contributed by atoms with Gasteiger partial charge in [0.2, 0.25) is 0 Å². The fourth-order valence-electron chi connectivity index (χ4n) is 4.13. The maximum atomic E-state index is 3.64. The van der Waals surface area contributed by atoms with Gasteiger partial charge < -0.3 is 4.90 Å². The molecule has 0 amide bonds. The molecule has 0 N–H and O–H groups in total. The Hall–Kier alpha value is -2.06. The zero-order chi connectivity index (χ0) is 15.4. The van der Waals surface area contributed by atoms with Gasteiger partial charge in [-0.05, 0) is 41.0 Å². The number of para-hydroxylation sites is 1. The summed E-state index contributed by atoms with van der Waals surface area (Å²) >= 11 is 3.64. The molecule has 0 bridgehead atoms. The van der Waals surface area contributed by atoms with Crippen LogP contribution in [0.2, 0.25) is 0 Å². The van der Waals surface area contributed by atoms with Crippen molar-refractivity contribution in [3.8, 4) is 0 Å². The Labute approximate surface area is 144 Å². The Bertz CT molecular complexity index is 876. The molecule has 0 aromatic heterocycles. The van der Waals surface area contributed by atoms with Crippen LogP contribution in [0.25, 0.3) is 6.08 Å². The van der Waals surface area contributed by atoms with E-state index in [0.717, 1.165) is 5.33 Å². The smallest absolute Gasteiger partial charge is 0.0503 e. The van der Waals surface area contributed by atoms with E-state index in [1.54, 1.807) is 0 Å². The number of halogens is 1. The van der Waals surface area contributed by atoms with Crippen molar-refractivity contribution < 1.29 is 0 Å². The minimum atomic E-state index is 0.453. The van der Waals surface area contributed by atoms with Gasteiger partial charge in [-0.3, -0.25) is 0 Å². The molecule has 0 saturated carbocycles. The third-order valence-electron chi connectivity index (χ3n) is 5.04. The van der Waals surface area contributed by atoms with Crippen molar-refractivity contribution in [3.63, 3.8) is 0 Å². The Morgan fingerprint density at radius 3 is 2.70 bits per heavy atom. The van der Waals surface area contributed by atoms with Crippen LogP contribution in [0, 0.1) is 5.92 Å². The van der Waals surface area contributed by atoms with Gasteiger partial charge in [-0.2, -0.15) is 0 Å². The van der Waals surface area contributed by atoms with Gasteiger partial charge in [-0.1, -0.05) is 64.5 Å². The normalized spacial score (nSPS) is 23.4. The summed E-state index contributed by atoms with van der Waals surface area (Å²) in [6.07, 6.45) is 9.43. The second-order valence-corrected chi connectivity index (χ2v) is 6.87. The summed E-state index contributed by atoms with van der Waals surface area (Å²) in [5, 5.41) is 0.902. The number of benzene rings is 2. The van der Waals surface area contributed by atoms with Crippen LogP contribution in [-0.4, -0.2) is 5.33 Å². The van der Waals surface area contributed by atoms with Gasteiger partial charge in [0.05, 0.1) is 5.69 Å². The first-order chi connectivity index (χ1) is 11.4. The number of alkyl halides is 1. The summed E-state index contributed by atoms with van der Waals surface area (Å²) in [5.74, 6) is 0.916. The van der Waals surface area contributed by atoms with E-state index in [9.17, 15) is 0 Å². The quantitative estimate of drug-likeness (QED) is 0.612. The lowest BCUT2D eigenvalue weighted by molar-refractivity contribution is 0.667. The zero-order valence-electron chi connectivity index (χ0n) is 12.6. The highest BCUT2D eigenvalue weighted by Gasteiger charge is 2.42. The highest BCUT2D eigenvalue weighted by Crippen LogP contribution is 2.56. The fourth-order valence-corrected chi connectivity index (χ4v) is 4.48. The molecule has 1 aliphatic heterocycles. The number of nitrogens with zero attached hydrogens (tertiary/aromatic N) is 1.